The first-order chi connectivity index (χ1) is 16.9. The zero-order chi connectivity index (χ0) is 24.7. The monoisotopic (exact) mass is 469 g/mol. The van der Waals surface area contributed by atoms with Gasteiger partial charge in [-0.2, -0.15) is 0 Å². The van der Waals surface area contributed by atoms with Gasteiger partial charge in [-0.25, -0.2) is 9.97 Å². The number of phenolic OH excluding ortho intramolecular Hbond substituents is 1. The number of aryl methyl sites for hydroxylation is 2. The summed E-state index contributed by atoms with van der Waals surface area (Å²) in [6, 6.07) is 11.6. The number of carbonyl (C=O) groups is 2. The number of rotatable bonds is 7. The first kappa shape index (κ1) is 22.6. The van der Waals surface area contributed by atoms with Gasteiger partial charge >= 0.3 is 0 Å². The molecular formula is C27H27N5O3. The van der Waals surface area contributed by atoms with Gasteiger partial charge in [-0.3, -0.25) is 14.5 Å². The zero-order valence-corrected chi connectivity index (χ0v) is 19.8. The molecule has 0 fully saturated rings. The van der Waals surface area contributed by atoms with Crippen LogP contribution < -0.4 is 5.73 Å². The smallest absolute Gasteiger partial charge is 0.253 e. The number of pyridine rings is 1. The molecule has 4 aromatic rings. The van der Waals surface area contributed by atoms with Crippen molar-refractivity contribution in [3.8, 4) is 5.75 Å². The number of aromatic nitrogens is 3. The van der Waals surface area contributed by atoms with E-state index in [1.807, 2.05) is 43.3 Å². The molecule has 178 valence electrons. The molecule has 0 bridgehead atoms. The van der Waals surface area contributed by atoms with Gasteiger partial charge in [0.25, 0.3) is 11.8 Å². The topological polar surface area (TPSA) is 114 Å². The average molecular weight is 470 g/mol. The van der Waals surface area contributed by atoms with Gasteiger partial charge in [-0.05, 0) is 36.6 Å². The van der Waals surface area contributed by atoms with Crippen LogP contribution in [0.4, 0.5) is 5.82 Å². The van der Waals surface area contributed by atoms with E-state index in [1.165, 1.54) is 12.2 Å². The molecule has 0 radical (unpaired) electrons. The highest BCUT2D eigenvalue weighted by atomic mass is 16.3. The molecule has 0 unspecified atom stereocenters. The molecule has 3 heterocycles. The number of imide groups is 1. The summed E-state index contributed by atoms with van der Waals surface area (Å²) in [6.07, 6.45) is 5.31. The van der Waals surface area contributed by atoms with Crippen LogP contribution in [-0.2, 0) is 29.1 Å². The predicted octanol–water partition coefficient (Wildman–Crippen LogP) is 4.00. The summed E-state index contributed by atoms with van der Waals surface area (Å²) in [5, 5.41) is 11.7. The van der Waals surface area contributed by atoms with Crippen molar-refractivity contribution in [3.63, 3.8) is 0 Å². The van der Waals surface area contributed by atoms with Crippen molar-refractivity contribution >= 4 is 39.6 Å². The SMILES string of the molecule is CCCCc1nc2c(N)nc3ccccc3c2n1Cc1cc(C)c(O)c(CN2C(=O)C=CC2=O)c1. The molecule has 0 aliphatic carbocycles. The molecule has 2 aromatic heterocycles. The predicted molar refractivity (Wildman–Crippen MR) is 135 cm³/mol. The molecule has 0 saturated carbocycles. The highest BCUT2D eigenvalue weighted by Gasteiger charge is 2.25. The molecule has 8 nitrogen and oxygen atoms in total. The van der Waals surface area contributed by atoms with E-state index in [4.69, 9.17) is 10.7 Å². The lowest BCUT2D eigenvalue weighted by Gasteiger charge is -2.18. The number of benzene rings is 2. The minimum atomic E-state index is -0.380. The molecule has 3 N–H and O–H groups in total. The van der Waals surface area contributed by atoms with Gasteiger partial charge < -0.3 is 15.4 Å². The average Bonchev–Trinajstić information content (AvgIpc) is 3.36. The van der Waals surface area contributed by atoms with E-state index in [0.717, 1.165) is 52.0 Å². The quantitative estimate of drug-likeness (QED) is 0.396. The van der Waals surface area contributed by atoms with Crippen molar-refractivity contribution in [2.75, 3.05) is 5.73 Å². The maximum atomic E-state index is 12.1. The van der Waals surface area contributed by atoms with E-state index in [2.05, 4.69) is 16.5 Å². The summed E-state index contributed by atoms with van der Waals surface area (Å²) in [4.78, 5) is 34.7. The van der Waals surface area contributed by atoms with Gasteiger partial charge in [0.15, 0.2) is 5.82 Å². The fourth-order valence-electron chi connectivity index (χ4n) is 4.69. The highest BCUT2D eigenvalue weighted by molar-refractivity contribution is 6.12. The van der Waals surface area contributed by atoms with Crippen LogP contribution in [0.25, 0.3) is 21.9 Å². The van der Waals surface area contributed by atoms with Crippen molar-refractivity contribution in [2.24, 2.45) is 0 Å². The molecule has 1 aliphatic rings. The van der Waals surface area contributed by atoms with E-state index in [-0.39, 0.29) is 24.1 Å². The van der Waals surface area contributed by atoms with Gasteiger partial charge in [-0.15, -0.1) is 0 Å². The van der Waals surface area contributed by atoms with Crippen molar-refractivity contribution in [1.29, 1.82) is 0 Å². The van der Waals surface area contributed by atoms with Gasteiger partial charge in [0.2, 0.25) is 0 Å². The third-order valence-corrected chi connectivity index (χ3v) is 6.45. The maximum Gasteiger partial charge on any atom is 0.253 e. The Kier molecular flexibility index (Phi) is 5.72. The Balaban J connectivity index is 1.62. The molecule has 35 heavy (non-hydrogen) atoms. The Labute approximate surface area is 202 Å². The van der Waals surface area contributed by atoms with Gasteiger partial charge in [0.05, 0.1) is 17.6 Å². The third kappa shape index (κ3) is 4.01. The lowest BCUT2D eigenvalue weighted by atomic mass is 10.0. The lowest BCUT2D eigenvalue weighted by molar-refractivity contribution is -0.137. The molecule has 1 aliphatic heterocycles. The van der Waals surface area contributed by atoms with Crippen LogP contribution in [-0.4, -0.2) is 36.4 Å². The number of anilines is 1. The van der Waals surface area contributed by atoms with Gasteiger partial charge in [0, 0.05) is 36.1 Å². The number of unbranched alkanes of at least 4 members (excludes halogenated alkanes) is 1. The Bertz CT molecular complexity index is 1500. The standard InChI is InChI=1S/C27H27N5O3/c1-3-4-9-21-30-24-25(19-7-5-6-8-20(19)29-27(24)28)31(21)14-17-12-16(2)26(35)18(13-17)15-32-22(33)10-11-23(32)34/h5-8,10-13,35H,3-4,9,14-15H2,1-2H3,(H2,28,29). The summed E-state index contributed by atoms with van der Waals surface area (Å²) in [5.74, 6) is 0.648. The molecular weight excluding hydrogens is 442 g/mol. The molecule has 2 aromatic carbocycles. The van der Waals surface area contributed by atoms with Gasteiger partial charge in [-0.1, -0.05) is 37.6 Å². The van der Waals surface area contributed by atoms with Crippen LogP contribution in [0, 0.1) is 6.92 Å². The fourth-order valence-corrected chi connectivity index (χ4v) is 4.69. The van der Waals surface area contributed by atoms with Crippen molar-refractivity contribution in [1.82, 2.24) is 19.4 Å². The third-order valence-electron chi connectivity index (χ3n) is 6.45. The molecule has 8 heteroatoms. The number of imidazole rings is 1. The number of nitrogens with two attached hydrogens (primary N) is 1. The van der Waals surface area contributed by atoms with Crippen molar-refractivity contribution < 1.29 is 14.7 Å². The molecule has 2 amide bonds. The van der Waals surface area contributed by atoms with Crippen LogP contribution in [0.1, 0.15) is 42.3 Å². The second-order valence-corrected chi connectivity index (χ2v) is 8.95. The fraction of sp³-hybridized carbons (Fsp3) is 0.259. The first-order valence-corrected chi connectivity index (χ1v) is 11.8. The number of phenols is 1. The van der Waals surface area contributed by atoms with Crippen LogP contribution in [0.15, 0.2) is 48.6 Å². The van der Waals surface area contributed by atoms with E-state index < -0.39 is 0 Å². The van der Waals surface area contributed by atoms with E-state index in [0.29, 0.717) is 29.0 Å². The molecule has 0 atom stereocenters. The second kappa shape index (κ2) is 8.87. The largest absolute Gasteiger partial charge is 0.507 e. The summed E-state index contributed by atoms with van der Waals surface area (Å²) in [7, 11) is 0. The number of hydrogen-bond acceptors (Lipinski definition) is 6. The summed E-state index contributed by atoms with van der Waals surface area (Å²) in [6.45, 7) is 4.47. The zero-order valence-electron chi connectivity index (χ0n) is 19.8. The number of hydrogen-bond donors (Lipinski definition) is 2. The number of nitrogens with zero attached hydrogens (tertiary/aromatic N) is 4. The van der Waals surface area contributed by atoms with Gasteiger partial charge in [0.1, 0.15) is 17.1 Å². The van der Waals surface area contributed by atoms with Crippen LogP contribution in [0.2, 0.25) is 0 Å². The minimum absolute atomic E-state index is 0.0122. The molecule has 5 rings (SSSR count). The Hall–Kier alpha value is -4.20. The van der Waals surface area contributed by atoms with Crippen molar-refractivity contribution in [3.05, 3.63) is 71.1 Å². The first-order valence-electron chi connectivity index (χ1n) is 11.8. The Morgan fingerprint density at radius 3 is 2.51 bits per heavy atom. The number of nitrogen functional groups attached to an aromatic ring is 1. The summed E-state index contributed by atoms with van der Waals surface area (Å²) >= 11 is 0. The van der Waals surface area contributed by atoms with Crippen molar-refractivity contribution in [2.45, 2.75) is 46.2 Å². The van der Waals surface area contributed by atoms with Crippen LogP contribution >= 0.6 is 0 Å². The number of carbonyl (C=O) groups excluding carboxylic acids is 2. The number of amides is 2. The number of para-hydroxylation sites is 1. The van der Waals surface area contributed by atoms with E-state index in [1.54, 1.807) is 0 Å². The summed E-state index contributed by atoms with van der Waals surface area (Å²) in [5.41, 5.74) is 10.9. The summed E-state index contributed by atoms with van der Waals surface area (Å²) < 4.78 is 2.18. The number of fused-ring (bicyclic) bond motifs is 3. The number of aromatic hydroxyl groups is 1. The second-order valence-electron chi connectivity index (χ2n) is 8.95. The highest BCUT2D eigenvalue weighted by Crippen LogP contribution is 2.32. The molecule has 0 saturated heterocycles. The Morgan fingerprint density at radius 2 is 1.77 bits per heavy atom. The van der Waals surface area contributed by atoms with Crippen LogP contribution in [0.5, 0.6) is 5.75 Å². The normalized spacial score (nSPS) is 13.6. The maximum absolute atomic E-state index is 12.1. The van der Waals surface area contributed by atoms with Crippen LogP contribution in [0.3, 0.4) is 0 Å². The Morgan fingerprint density at radius 1 is 1.03 bits per heavy atom. The lowest BCUT2D eigenvalue weighted by Crippen LogP contribution is -2.29. The minimum Gasteiger partial charge on any atom is -0.507 e. The van der Waals surface area contributed by atoms with E-state index in [9.17, 15) is 14.7 Å². The van der Waals surface area contributed by atoms with E-state index >= 15 is 0 Å². The molecule has 0 spiro atoms.